The van der Waals surface area contributed by atoms with Crippen LogP contribution >= 0.6 is 11.8 Å². The van der Waals surface area contributed by atoms with Crippen molar-refractivity contribution in [1.82, 2.24) is 20.0 Å². The summed E-state index contributed by atoms with van der Waals surface area (Å²) in [5.74, 6) is 1.38. The summed E-state index contributed by atoms with van der Waals surface area (Å²) >= 11 is 1.19. The highest BCUT2D eigenvalue weighted by Crippen LogP contribution is 2.26. The van der Waals surface area contributed by atoms with Gasteiger partial charge in [-0.3, -0.25) is 9.59 Å². The number of nitrogens with zero attached hydrogens (tertiary/aromatic N) is 4. The molecular weight excluding hydrogens is 384 g/mol. The van der Waals surface area contributed by atoms with Crippen LogP contribution in [0.1, 0.15) is 16.3 Å². The normalized spacial score (nSPS) is 14.5. The first-order chi connectivity index (χ1) is 13.6. The summed E-state index contributed by atoms with van der Waals surface area (Å²) in [6.07, 6.45) is 3.03. The zero-order chi connectivity index (χ0) is 19.5. The van der Waals surface area contributed by atoms with Crippen molar-refractivity contribution in [2.45, 2.75) is 12.1 Å². The van der Waals surface area contributed by atoms with Crippen molar-refractivity contribution >= 4 is 23.6 Å². The average Bonchev–Trinajstić information content (AvgIpc) is 3.47. The van der Waals surface area contributed by atoms with Crippen molar-refractivity contribution in [3.63, 3.8) is 0 Å². The molecule has 146 valence electrons. The highest BCUT2D eigenvalue weighted by Gasteiger charge is 2.26. The van der Waals surface area contributed by atoms with E-state index in [1.807, 2.05) is 6.92 Å². The summed E-state index contributed by atoms with van der Waals surface area (Å²) in [7, 11) is 0. The van der Waals surface area contributed by atoms with Crippen LogP contribution in [0.2, 0.25) is 0 Å². The summed E-state index contributed by atoms with van der Waals surface area (Å²) in [5.41, 5.74) is 0.739. The van der Waals surface area contributed by atoms with Gasteiger partial charge in [-0.2, -0.15) is 0 Å². The number of hydrogen-bond acceptors (Lipinski definition) is 8. The van der Waals surface area contributed by atoms with Crippen molar-refractivity contribution in [1.29, 1.82) is 0 Å². The molecule has 4 rings (SSSR count). The van der Waals surface area contributed by atoms with Crippen molar-refractivity contribution in [3.05, 3.63) is 42.2 Å². The molecule has 1 aliphatic rings. The maximum absolute atomic E-state index is 12.4. The summed E-state index contributed by atoms with van der Waals surface area (Å²) in [6.45, 7) is 3.72. The number of piperazine rings is 1. The number of aromatic nitrogens is 2. The summed E-state index contributed by atoms with van der Waals surface area (Å²) in [6, 6.07) is 5.08. The largest absolute Gasteiger partial charge is 0.469 e. The van der Waals surface area contributed by atoms with Crippen molar-refractivity contribution in [3.8, 4) is 11.5 Å². The molecule has 0 bridgehead atoms. The number of carbonyl (C=O) groups is 2. The minimum Gasteiger partial charge on any atom is -0.469 e. The fourth-order valence-corrected chi connectivity index (χ4v) is 3.58. The maximum atomic E-state index is 12.4. The second-order valence-corrected chi connectivity index (χ2v) is 7.13. The first-order valence-electron chi connectivity index (χ1n) is 8.73. The fraction of sp³-hybridized carbons (Fsp3) is 0.333. The van der Waals surface area contributed by atoms with E-state index in [9.17, 15) is 9.59 Å². The van der Waals surface area contributed by atoms with E-state index < -0.39 is 0 Å². The molecule has 0 aliphatic carbocycles. The summed E-state index contributed by atoms with van der Waals surface area (Å²) in [5, 5.41) is 8.28. The Balaban J connectivity index is 1.27. The van der Waals surface area contributed by atoms with Gasteiger partial charge in [-0.05, 0) is 25.1 Å². The van der Waals surface area contributed by atoms with Crippen LogP contribution < -0.4 is 0 Å². The second-order valence-electron chi connectivity index (χ2n) is 6.20. The number of carbonyl (C=O) groups excluding carboxylic acids is 2. The molecule has 1 aliphatic heterocycles. The Hall–Kier alpha value is -3.01. The molecule has 0 saturated carbocycles. The monoisotopic (exact) mass is 402 g/mol. The number of rotatable bonds is 5. The van der Waals surface area contributed by atoms with Gasteiger partial charge in [0, 0.05) is 26.2 Å². The molecule has 0 N–H and O–H groups in total. The lowest BCUT2D eigenvalue weighted by molar-refractivity contribution is -0.129. The average molecular weight is 402 g/mol. The zero-order valence-electron chi connectivity index (χ0n) is 15.2. The molecule has 9 nitrogen and oxygen atoms in total. The van der Waals surface area contributed by atoms with Crippen LogP contribution in [-0.4, -0.2) is 63.7 Å². The van der Waals surface area contributed by atoms with Crippen LogP contribution in [0.5, 0.6) is 0 Å². The number of thioether (sulfide) groups is 1. The first-order valence-corrected chi connectivity index (χ1v) is 9.71. The van der Waals surface area contributed by atoms with Gasteiger partial charge in [0.15, 0.2) is 5.76 Å². The van der Waals surface area contributed by atoms with Gasteiger partial charge in [0.1, 0.15) is 5.76 Å². The molecule has 1 saturated heterocycles. The van der Waals surface area contributed by atoms with Crippen LogP contribution in [0.25, 0.3) is 11.5 Å². The van der Waals surface area contributed by atoms with Crippen LogP contribution in [0.3, 0.4) is 0 Å². The van der Waals surface area contributed by atoms with E-state index >= 15 is 0 Å². The fourth-order valence-electron chi connectivity index (χ4n) is 2.91. The minimum absolute atomic E-state index is 0.0330. The van der Waals surface area contributed by atoms with E-state index in [-0.39, 0.29) is 17.6 Å². The SMILES string of the molecule is Cc1occc1-c1nnc(SCC(=O)N2CCN(C(=O)c3ccco3)CC2)o1. The van der Waals surface area contributed by atoms with Gasteiger partial charge in [0.2, 0.25) is 5.91 Å². The van der Waals surface area contributed by atoms with Gasteiger partial charge in [-0.15, -0.1) is 10.2 Å². The molecule has 10 heteroatoms. The lowest BCUT2D eigenvalue weighted by Crippen LogP contribution is -2.51. The van der Waals surface area contributed by atoms with Gasteiger partial charge >= 0.3 is 0 Å². The molecule has 28 heavy (non-hydrogen) atoms. The topological polar surface area (TPSA) is 106 Å². The molecule has 0 unspecified atom stereocenters. The highest BCUT2D eigenvalue weighted by atomic mass is 32.2. The van der Waals surface area contributed by atoms with Crippen LogP contribution in [0.4, 0.5) is 0 Å². The zero-order valence-corrected chi connectivity index (χ0v) is 16.0. The molecule has 0 aromatic carbocycles. The van der Waals surface area contributed by atoms with Crippen molar-refractivity contribution in [2.75, 3.05) is 31.9 Å². The standard InChI is InChI=1S/C18H18N4O5S/c1-12-13(4-10-25-12)16-19-20-18(27-16)28-11-15(23)21-5-7-22(8-6-21)17(24)14-3-2-9-26-14/h2-4,9-10H,5-8,11H2,1H3. The predicted octanol–water partition coefficient (Wildman–Crippen LogP) is 2.31. The third-order valence-corrected chi connectivity index (χ3v) is 5.27. The Morgan fingerprint density at radius 1 is 1.07 bits per heavy atom. The maximum Gasteiger partial charge on any atom is 0.289 e. The van der Waals surface area contributed by atoms with Crippen LogP contribution in [-0.2, 0) is 4.79 Å². The molecule has 0 radical (unpaired) electrons. The molecule has 0 spiro atoms. The highest BCUT2D eigenvalue weighted by molar-refractivity contribution is 7.99. The molecular formula is C18H18N4O5S. The summed E-state index contributed by atoms with van der Waals surface area (Å²) in [4.78, 5) is 28.1. The van der Waals surface area contributed by atoms with E-state index in [1.54, 1.807) is 34.3 Å². The molecule has 3 aromatic rings. The Kier molecular flexibility index (Phi) is 5.20. The number of amides is 2. The van der Waals surface area contributed by atoms with E-state index in [4.69, 9.17) is 13.3 Å². The predicted molar refractivity (Wildman–Crippen MR) is 98.7 cm³/mol. The molecule has 1 fully saturated rings. The van der Waals surface area contributed by atoms with Gasteiger partial charge in [0.25, 0.3) is 17.0 Å². The molecule has 3 aromatic heterocycles. The van der Waals surface area contributed by atoms with Crippen LogP contribution in [0, 0.1) is 6.92 Å². The van der Waals surface area contributed by atoms with E-state index in [0.29, 0.717) is 48.8 Å². The van der Waals surface area contributed by atoms with Gasteiger partial charge in [0.05, 0.1) is 23.8 Å². The number of hydrogen-bond donors (Lipinski definition) is 0. The van der Waals surface area contributed by atoms with E-state index in [1.165, 1.54) is 18.0 Å². The minimum atomic E-state index is -0.153. The lowest BCUT2D eigenvalue weighted by atomic mass is 10.3. The van der Waals surface area contributed by atoms with Crippen molar-refractivity contribution < 1.29 is 22.8 Å². The van der Waals surface area contributed by atoms with Gasteiger partial charge < -0.3 is 23.1 Å². The van der Waals surface area contributed by atoms with E-state index in [2.05, 4.69) is 10.2 Å². The smallest absolute Gasteiger partial charge is 0.289 e. The Labute approximate surface area is 164 Å². The van der Waals surface area contributed by atoms with Gasteiger partial charge in [-0.25, -0.2) is 0 Å². The van der Waals surface area contributed by atoms with Crippen molar-refractivity contribution in [2.24, 2.45) is 0 Å². The number of aryl methyl sites for hydroxylation is 1. The van der Waals surface area contributed by atoms with Gasteiger partial charge in [-0.1, -0.05) is 11.8 Å². The third-order valence-electron chi connectivity index (χ3n) is 4.47. The molecule has 0 atom stereocenters. The quantitative estimate of drug-likeness (QED) is 0.599. The van der Waals surface area contributed by atoms with Crippen LogP contribution in [0.15, 0.2) is 49.2 Å². The Bertz CT molecular complexity index is 956. The second kappa shape index (κ2) is 7.93. The molecule has 4 heterocycles. The lowest BCUT2D eigenvalue weighted by Gasteiger charge is -2.34. The first kappa shape index (κ1) is 18.4. The van der Waals surface area contributed by atoms with E-state index in [0.717, 1.165) is 5.56 Å². The summed E-state index contributed by atoms with van der Waals surface area (Å²) < 4.78 is 16.0. The third kappa shape index (κ3) is 3.81. The number of furan rings is 2. The Morgan fingerprint density at radius 2 is 1.86 bits per heavy atom. The molecule has 2 amide bonds. The Morgan fingerprint density at radius 3 is 2.54 bits per heavy atom.